The maximum Gasteiger partial charge on any atom is 0.224 e. The molecule has 0 aliphatic heterocycles. The van der Waals surface area contributed by atoms with Gasteiger partial charge in [0.05, 0.1) is 0 Å². The summed E-state index contributed by atoms with van der Waals surface area (Å²) in [6, 6.07) is 9.67. The standard InChI is InChI=1S/C13H15N3OS/c1-9-15-12(14-2)8-13(16-9)17-10-6-4-5-7-11(10)18-3/h4-8H,1-3H3,(H,14,15,16). The van der Waals surface area contributed by atoms with Gasteiger partial charge in [-0.05, 0) is 25.3 Å². The minimum Gasteiger partial charge on any atom is -0.438 e. The summed E-state index contributed by atoms with van der Waals surface area (Å²) >= 11 is 1.64. The summed E-state index contributed by atoms with van der Waals surface area (Å²) in [7, 11) is 1.82. The van der Waals surface area contributed by atoms with Crippen LogP contribution in [0, 0.1) is 6.92 Å². The Morgan fingerprint density at radius 2 is 2.00 bits per heavy atom. The number of aromatic nitrogens is 2. The highest BCUT2D eigenvalue weighted by molar-refractivity contribution is 7.98. The molecule has 1 N–H and O–H groups in total. The van der Waals surface area contributed by atoms with Crippen LogP contribution in [0.2, 0.25) is 0 Å². The van der Waals surface area contributed by atoms with Crippen LogP contribution in [0.25, 0.3) is 0 Å². The van der Waals surface area contributed by atoms with E-state index in [1.807, 2.05) is 44.5 Å². The van der Waals surface area contributed by atoms with E-state index in [1.54, 1.807) is 17.8 Å². The van der Waals surface area contributed by atoms with Crippen LogP contribution in [0.3, 0.4) is 0 Å². The van der Waals surface area contributed by atoms with Crippen LogP contribution in [0.4, 0.5) is 5.82 Å². The fourth-order valence-electron chi connectivity index (χ4n) is 1.54. The van der Waals surface area contributed by atoms with Gasteiger partial charge in [0, 0.05) is 18.0 Å². The number of nitrogens with one attached hydrogen (secondary N) is 1. The molecule has 1 heterocycles. The molecule has 0 aliphatic carbocycles. The first-order chi connectivity index (χ1) is 8.72. The highest BCUT2D eigenvalue weighted by Gasteiger charge is 2.06. The van der Waals surface area contributed by atoms with Crippen molar-refractivity contribution in [3.05, 3.63) is 36.2 Å². The minimum atomic E-state index is 0.549. The molecule has 1 aromatic carbocycles. The number of hydrogen-bond acceptors (Lipinski definition) is 5. The number of benzene rings is 1. The quantitative estimate of drug-likeness (QED) is 0.855. The molecule has 2 rings (SSSR count). The Hall–Kier alpha value is -1.75. The molecule has 0 saturated carbocycles. The molecule has 0 aliphatic rings. The third-order valence-electron chi connectivity index (χ3n) is 2.35. The zero-order chi connectivity index (χ0) is 13.0. The summed E-state index contributed by atoms with van der Waals surface area (Å²) in [4.78, 5) is 9.58. The molecule has 0 atom stereocenters. The molecule has 0 bridgehead atoms. The highest BCUT2D eigenvalue weighted by Crippen LogP contribution is 2.30. The normalized spacial score (nSPS) is 10.2. The van der Waals surface area contributed by atoms with Crippen LogP contribution < -0.4 is 10.1 Å². The van der Waals surface area contributed by atoms with Gasteiger partial charge in [-0.3, -0.25) is 0 Å². The summed E-state index contributed by atoms with van der Waals surface area (Å²) in [5.41, 5.74) is 0. The number of ether oxygens (including phenoxy) is 1. The van der Waals surface area contributed by atoms with Crippen molar-refractivity contribution in [2.45, 2.75) is 11.8 Å². The molecule has 0 fully saturated rings. The van der Waals surface area contributed by atoms with Crippen LogP contribution in [0.1, 0.15) is 5.82 Å². The first kappa shape index (κ1) is 12.7. The van der Waals surface area contributed by atoms with Gasteiger partial charge in [-0.1, -0.05) is 12.1 Å². The van der Waals surface area contributed by atoms with Crippen molar-refractivity contribution in [1.29, 1.82) is 0 Å². The zero-order valence-corrected chi connectivity index (χ0v) is 11.4. The lowest BCUT2D eigenvalue weighted by atomic mass is 10.3. The Morgan fingerprint density at radius 1 is 1.22 bits per heavy atom. The van der Waals surface area contributed by atoms with Crippen LogP contribution in [-0.2, 0) is 0 Å². The second kappa shape index (κ2) is 5.73. The number of thioether (sulfide) groups is 1. The average Bonchev–Trinajstić information content (AvgIpc) is 2.38. The second-order valence-corrected chi connectivity index (χ2v) is 4.49. The monoisotopic (exact) mass is 261 g/mol. The van der Waals surface area contributed by atoms with Gasteiger partial charge in [0.1, 0.15) is 17.4 Å². The molecule has 18 heavy (non-hydrogen) atoms. The maximum absolute atomic E-state index is 5.81. The van der Waals surface area contributed by atoms with E-state index >= 15 is 0 Å². The van der Waals surface area contributed by atoms with E-state index < -0.39 is 0 Å². The number of para-hydroxylation sites is 1. The van der Waals surface area contributed by atoms with Crippen molar-refractivity contribution in [2.24, 2.45) is 0 Å². The van der Waals surface area contributed by atoms with Gasteiger partial charge in [0.15, 0.2) is 0 Å². The number of anilines is 1. The number of aryl methyl sites for hydroxylation is 1. The van der Waals surface area contributed by atoms with Crippen molar-refractivity contribution in [3.63, 3.8) is 0 Å². The molecule has 0 unspecified atom stereocenters. The van der Waals surface area contributed by atoms with E-state index in [0.717, 1.165) is 16.5 Å². The Morgan fingerprint density at radius 3 is 2.72 bits per heavy atom. The third kappa shape index (κ3) is 2.92. The van der Waals surface area contributed by atoms with Crippen molar-refractivity contribution in [1.82, 2.24) is 9.97 Å². The predicted octanol–water partition coefficient (Wildman–Crippen LogP) is 3.34. The van der Waals surface area contributed by atoms with Gasteiger partial charge in [0.25, 0.3) is 0 Å². The number of nitrogens with zero attached hydrogens (tertiary/aromatic N) is 2. The summed E-state index contributed by atoms with van der Waals surface area (Å²) in [5, 5.41) is 2.99. The summed E-state index contributed by atoms with van der Waals surface area (Å²) in [5.74, 6) is 2.79. The predicted molar refractivity (Wildman–Crippen MR) is 74.6 cm³/mol. The molecule has 0 saturated heterocycles. The second-order valence-electron chi connectivity index (χ2n) is 3.64. The van der Waals surface area contributed by atoms with Crippen LogP contribution in [-0.4, -0.2) is 23.3 Å². The third-order valence-corrected chi connectivity index (χ3v) is 3.13. The van der Waals surface area contributed by atoms with E-state index in [-0.39, 0.29) is 0 Å². The zero-order valence-electron chi connectivity index (χ0n) is 10.6. The molecular weight excluding hydrogens is 246 g/mol. The highest BCUT2D eigenvalue weighted by atomic mass is 32.2. The first-order valence-corrected chi connectivity index (χ1v) is 6.79. The van der Waals surface area contributed by atoms with Crippen molar-refractivity contribution < 1.29 is 4.74 Å². The summed E-state index contributed by atoms with van der Waals surface area (Å²) in [6.45, 7) is 1.84. The number of rotatable bonds is 4. The Balaban J connectivity index is 2.30. The molecule has 5 heteroatoms. The summed E-state index contributed by atoms with van der Waals surface area (Å²) < 4.78 is 5.81. The Labute approximate surface area is 111 Å². The minimum absolute atomic E-state index is 0.549. The van der Waals surface area contributed by atoms with E-state index in [9.17, 15) is 0 Å². The topological polar surface area (TPSA) is 47.0 Å². The van der Waals surface area contributed by atoms with Crippen LogP contribution >= 0.6 is 11.8 Å². The van der Waals surface area contributed by atoms with E-state index in [0.29, 0.717) is 11.7 Å². The van der Waals surface area contributed by atoms with E-state index in [2.05, 4.69) is 15.3 Å². The van der Waals surface area contributed by atoms with Gasteiger partial charge < -0.3 is 10.1 Å². The molecule has 0 spiro atoms. The molecular formula is C13H15N3OS. The maximum atomic E-state index is 5.81. The van der Waals surface area contributed by atoms with Crippen molar-refractivity contribution in [3.8, 4) is 11.6 Å². The van der Waals surface area contributed by atoms with Gasteiger partial charge in [0.2, 0.25) is 5.88 Å². The molecule has 1 aromatic heterocycles. The van der Waals surface area contributed by atoms with Gasteiger partial charge in [-0.15, -0.1) is 11.8 Å². The Kier molecular flexibility index (Phi) is 4.04. The largest absolute Gasteiger partial charge is 0.438 e. The molecule has 2 aromatic rings. The lowest BCUT2D eigenvalue weighted by Gasteiger charge is -2.10. The molecule has 4 nitrogen and oxygen atoms in total. The van der Waals surface area contributed by atoms with Crippen molar-refractivity contribution >= 4 is 17.6 Å². The van der Waals surface area contributed by atoms with Crippen LogP contribution in [0.15, 0.2) is 35.2 Å². The molecule has 0 amide bonds. The molecule has 94 valence electrons. The number of hydrogen-bond donors (Lipinski definition) is 1. The summed E-state index contributed by atoms with van der Waals surface area (Å²) in [6.07, 6.45) is 2.02. The van der Waals surface area contributed by atoms with E-state index in [4.69, 9.17) is 4.74 Å². The smallest absolute Gasteiger partial charge is 0.224 e. The molecule has 0 radical (unpaired) electrons. The SMILES string of the molecule is CNc1cc(Oc2ccccc2SC)nc(C)n1. The fourth-order valence-corrected chi connectivity index (χ4v) is 2.06. The van der Waals surface area contributed by atoms with Crippen LogP contribution in [0.5, 0.6) is 11.6 Å². The van der Waals surface area contributed by atoms with Gasteiger partial charge in [-0.25, -0.2) is 4.98 Å². The lowest BCUT2D eigenvalue weighted by molar-refractivity contribution is 0.450. The fraction of sp³-hybridized carbons (Fsp3) is 0.231. The van der Waals surface area contributed by atoms with E-state index in [1.165, 1.54) is 0 Å². The van der Waals surface area contributed by atoms with Gasteiger partial charge in [-0.2, -0.15) is 4.98 Å². The van der Waals surface area contributed by atoms with Crippen molar-refractivity contribution in [2.75, 3.05) is 18.6 Å². The van der Waals surface area contributed by atoms with Gasteiger partial charge >= 0.3 is 0 Å². The lowest BCUT2D eigenvalue weighted by Crippen LogP contribution is -1.99. The average molecular weight is 261 g/mol. The Bertz CT molecular complexity index is 546. The first-order valence-electron chi connectivity index (χ1n) is 5.57.